The smallest absolute Gasteiger partial charge is 0.226 e. The summed E-state index contributed by atoms with van der Waals surface area (Å²) in [4.78, 5) is 11.2. The summed E-state index contributed by atoms with van der Waals surface area (Å²) in [5, 5.41) is 9.02. The maximum absolute atomic E-state index is 13.6. The fraction of sp³-hybridized carbons (Fsp3) is 0.214. The normalized spacial score (nSPS) is 12.3. The second-order valence-corrected chi connectivity index (χ2v) is 5.40. The summed E-state index contributed by atoms with van der Waals surface area (Å²) in [7, 11) is 0. The molecule has 19 heavy (non-hydrogen) atoms. The minimum Gasteiger partial charge on any atom is -0.502 e. The number of rotatable bonds is 4. The third-order valence-corrected chi connectivity index (χ3v) is 3.89. The van der Waals surface area contributed by atoms with Gasteiger partial charge in [0.15, 0.2) is 5.75 Å². The molecule has 0 fully saturated rings. The van der Waals surface area contributed by atoms with Crippen molar-refractivity contribution in [3.8, 4) is 5.75 Å². The molecule has 1 atom stereocenters. The highest BCUT2D eigenvalue weighted by Crippen LogP contribution is 2.32. The van der Waals surface area contributed by atoms with E-state index in [-0.39, 0.29) is 11.1 Å². The quantitative estimate of drug-likeness (QED) is 0.931. The van der Waals surface area contributed by atoms with Gasteiger partial charge in [0.05, 0.1) is 5.75 Å². The van der Waals surface area contributed by atoms with Crippen molar-refractivity contribution >= 4 is 11.8 Å². The summed E-state index contributed by atoms with van der Waals surface area (Å²) in [6, 6.07) is 7.84. The molecule has 0 aliphatic rings. The van der Waals surface area contributed by atoms with Gasteiger partial charge in [0.25, 0.3) is 0 Å². The number of aromatic hydroxyl groups is 1. The second-order valence-electron chi connectivity index (χ2n) is 4.07. The molecule has 1 aromatic carbocycles. The van der Waals surface area contributed by atoms with Gasteiger partial charge in [-0.2, -0.15) is 0 Å². The van der Waals surface area contributed by atoms with Crippen molar-refractivity contribution in [2.45, 2.75) is 17.9 Å². The van der Waals surface area contributed by atoms with Crippen LogP contribution in [0.1, 0.15) is 23.5 Å². The molecule has 0 unspecified atom stereocenters. The number of benzene rings is 1. The van der Waals surface area contributed by atoms with E-state index in [2.05, 4.69) is 0 Å². The summed E-state index contributed by atoms with van der Waals surface area (Å²) in [6.45, 7) is 1.89. The van der Waals surface area contributed by atoms with E-state index in [9.17, 15) is 9.18 Å². The average molecular weight is 280 g/mol. The van der Waals surface area contributed by atoms with Gasteiger partial charge in [0, 0.05) is 16.9 Å². The summed E-state index contributed by atoms with van der Waals surface area (Å²) in [5.74, 6) is 0.243. The van der Waals surface area contributed by atoms with Gasteiger partial charge in [-0.3, -0.25) is 4.79 Å². The lowest BCUT2D eigenvalue weighted by Gasteiger charge is -2.11. The van der Waals surface area contributed by atoms with Gasteiger partial charge in [0.1, 0.15) is 17.8 Å². The number of thioether (sulfide) groups is 1. The first-order chi connectivity index (χ1) is 9.08. The third kappa shape index (κ3) is 3.38. The monoisotopic (exact) mass is 280 g/mol. The van der Waals surface area contributed by atoms with Crippen LogP contribution in [0, 0.1) is 5.82 Å². The van der Waals surface area contributed by atoms with Crippen LogP contribution in [0.2, 0.25) is 0 Å². The largest absolute Gasteiger partial charge is 0.502 e. The molecular formula is C14H13FO3S. The summed E-state index contributed by atoms with van der Waals surface area (Å²) < 4.78 is 18.7. The van der Waals surface area contributed by atoms with Gasteiger partial charge in [-0.1, -0.05) is 18.2 Å². The molecule has 5 heteroatoms. The van der Waals surface area contributed by atoms with Crippen molar-refractivity contribution < 1.29 is 13.9 Å². The molecule has 3 nitrogen and oxygen atoms in total. The highest BCUT2D eigenvalue weighted by Gasteiger charge is 2.12. The first-order valence-electron chi connectivity index (χ1n) is 5.74. The Morgan fingerprint density at radius 1 is 1.42 bits per heavy atom. The zero-order valence-electron chi connectivity index (χ0n) is 10.3. The molecule has 0 amide bonds. The molecule has 0 aliphatic carbocycles. The third-order valence-electron chi connectivity index (χ3n) is 2.69. The molecule has 0 aliphatic heterocycles. The lowest BCUT2D eigenvalue weighted by molar-refractivity contribution is 0.419. The highest BCUT2D eigenvalue weighted by atomic mass is 32.2. The van der Waals surface area contributed by atoms with E-state index in [1.54, 1.807) is 18.2 Å². The Balaban J connectivity index is 2.04. The van der Waals surface area contributed by atoms with E-state index < -0.39 is 11.2 Å². The predicted octanol–water partition coefficient (Wildman–Crippen LogP) is 3.48. The lowest BCUT2D eigenvalue weighted by atomic mass is 10.1. The Hall–Kier alpha value is -1.75. The van der Waals surface area contributed by atoms with E-state index in [1.165, 1.54) is 23.9 Å². The van der Waals surface area contributed by atoms with Crippen LogP contribution < -0.4 is 5.43 Å². The Morgan fingerprint density at radius 3 is 2.84 bits per heavy atom. The molecule has 100 valence electrons. The molecule has 0 radical (unpaired) electrons. The summed E-state index contributed by atoms with van der Waals surface area (Å²) in [5.41, 5.74) is 0.147. The van der Waals surface area contributed by atoms with E-state index >= 15 is 0 Å². The Labute approximate surface area is 114 Å². The first kappa shape index (κ1) is 13.7. The van der Waals surface area contributed by atoms with Crippen molar-refractivity contribution in [1.82, 2.24) is 0 Å². The van der Waals surface area contributed by atoms with Crippen LogP contribution >= 0.6 is 11.8 Å². The second kappa shape index (κ2) is 5.93. The van der Waals surface area contributed by atoms with Gasteiger partial charge in [-0.25, -0.2) is 4.39 Å². The maximum atomic E-state index is 13.6. The standard InChI is InChI=1S/C14H13FO3S/c1-9(11-4-2-3-5-12(11)15)19-8-10-6-13(16)14(17)7-18-10/h2-7,9,17H,8H2,1H3/t9-/m0/s1. The summed E-state index contributed by atoms with van der Waals surface area (Å²) in [6.07, 6.45) is 1.02. The average Bonchev–Trinajstić information content (AvgIpc) is 2.40. The molecule has 0 spiro atoms. The van der Waals surface area contributed by atoms with Crippen LogP contribution in [-0.2, 0) is 5.75 Å². The van der Waals surface area contributed by atoms with Crippen molar-refractivity contribution in [1.29, 1.82) is 0 Å². The molecule has 2 aromatic rings. The molecular weight excluding hydrogens is 267 g/mol. The first-order valence-corrected chi connectivity index (χ1v) is 6.79. The van der Waals surface area contributed by atoms with Gasteiger partial charge in [-0.05, 0) is 13.0 Å². The fourth-order valence-corrected chi connectivity index (χ4v) is 2.56. The van der Waals surface area contributed by atoms with E-state index in [4.69, 9.17) is 9.52 Å². The van der Waals surface area contributed by atoms with Crippen molar-refractivity contribution in [3.05, 3.63) is 64.0 Å². The number of hydrogen-bond donors (Lipinski definition) is 1. The number of hydrogen-bond acceptors (Lipinski definition) is 4. The van der Waals surface area contributed by atoms with Crippen LogP contribution in [0.25, 0.3) is 0 Å². The van der Waals surface area contributed by atoms with Crippen molar-refractivity contribution in [2.24, 2.45) is 0 Å². The van der Waals surface area contributed by atoms with E-state index in [0.717, 1.165) is 6.26 Å². The molecule has 1 heterocycles. The minimum atomic E-state index is -0.472. The zero-order valence-corrected chi connectivity index (χ0v) is 11.1. The molecule has 1 N–H and O–H groups in total. The van der Waals surface area contributed by atoms with E-state index in [0.29, 0.717) is 17.1 Å². The molecule has 1 aromatic heterocycles. The van der Waals surface area contributed by atoms with Crippen LogP contribution in [0.5, 0.6) is 5.75 Å². The fourth-order valence-electron chi connectivity index (χ4n) is 1.62. The summed E-state index contributed by atoms with van der Waals surface area (Å²) >= 11 is 1.46. The molecule has 2 rings (SSSR count). The van der Waals surface area contributed by atoms with Crippen molar-refractivity contribution in [3.63, 3.8) is 0 Å². The molecule has 0 saturated heterocycles. The van der Waals surface area contributed by atoms with Crippen LogP contribution in [0.15, 0.2) is 45.8 Å². The number of halogens is 1. The van der Waals surface area contributed by atoms with Gasteiger partial charge >= 0.3 is 0 Å². The highest BCUT2D eigenvalue weighted by molar-refractivity contribution is 7.98. The lowest BCUT2D eigenvalue weighted by Crippen LogP contribution is -2.00. The predicted molar refractivity (Wildman–Crippen MR) is 72.8 cm³/mol. The van der Waals surface area contributed by atoms with E-state index in [1.807, 2.05) is 6.92 Å². The topological polar surface area (TPSA) is 50.4 Å². The zero-order chi connectivity index (χ0) is 13.8. The Morgan fingerprint density at radius 2 is 2.16 bits per heavy atom. The van der Waals surface area contributed by atoms with Gasteiger partial charge in [-0.15, -0.1) is 11.8 Å². The van der Waals surface area contributed by atoms with Crippen LogP contribution in [0.3, 0.4) is 0 Å². The van der Waals surface area contributed by atoms with Gasteiger partial charge < -0.3 is 9.52 Å². The molecule has 0 bridgehead atoms. The van der Waals surface area contributed by atoms with Crippen molar-refractivity contribution in [2.75, 3.05) is 0 Å². The Bertz CT molecular complexity index is 624. The Kier molecular flexibility index (Phi) is 4.27. The SMILES string of the molecule is C[C@H](SCc1cc(=O)c(O)co1)c1ccccc1F. The molecule has 0 saturated carbocycles. The minimum absolute atomic E-state index is 0.0553. The van der Waals surface area contributed by atoms with Crippen LogP contribution in [-0.4, -0.2) is 5.11 Å². The van der Waals surface area contributed by atoms with Gasteiger partial charge in [0.2, 0.25) is 5.43 Å². The maximum Gasteiger partial charge on any atom is 0.226 e. The van der Waals surface area contributed by atoms with Crippen LogP contribution in [0.4, 0.5) is 4.39 Å².